The van der Waals surface area contributed by atoms with E-state index in [2.05, 4.69) is 4.98 Å². The van der Waals surface area contributed by atoms with Gasteiger partial charge in [-0.2, -0.15) is 0 Å². The van der Waals surface area contributed by atoms with Gasteiger partial charge in [-0.05, 0) is 32.2 Å². The third-order valence-electron chi connectivity index (χ3n) is 3.15. The number of fused-ring (bicyclic) bond motifs is 1. The van der Waals surface area contributed by atoms with Gasteiger partial charge in [0.1, 0.15) is 11.6 Å². The number of anilines is 1. The molecule has 1 aromatic heterocycles. The van der Waals surface area contributed by atoms with E-state index in [9.17, 15) is 5.11 Å². The highest BCUT2D eigenvalue weighted by molar-refractivity contribution is 5.82. The summed E-state index contributed by atoms with van der Waals surface area (Å²) in [6.07, 6.45) is -0.362. The second kappa shape index (κ2) is 6.07. The lowest BCUT2D eigenvalue weighted by atomic mass is 10.1. The third-order valence-corrected chi connectivity index (χ3v) is 3.15. The lowest BCUT2D eigenvalue weighted by Gasteiger charge is -2.19. The summed E-state index contributed by atoms with van der Waals surface area (Å²) in [6.45, 7) is 3.02. The molecule has 1 heterocycles. The zero-order chi connectivity index (χ0) is 14.7. The van der Waals surface area contributed by atoms with Gasteiger partial charge in [-0.15, -0.1) is 0 Å². The van der Waals surface area contributed by atoms with Gasteiger partial charge >= 0.3 is 0 Å². The fourth-order valence-corrected chi connectivity index (χ4v) is 2.27. The second-order valence-electron chi connectivity index (χ2n) is 5.14. The van der Waals surface area contributed by atoms with Crippen LogP contribution in [0.1, 0.15) is 12.5 Å². The Labute approximate surface area is 119 Å². The number of methoxy groups -OCH3 is 1. The molecule has 0 saturated carbocycles. The van der Waals surface area contributed by atoms with Gasteiger partial charge < -0.3 is 15.6 Å². The summed E-state index contributed by atoms with van der Waals surface area (Å²) in [5.74, 6) is 1.28. The van der Waals surface area contributed by atoms with Crippen molar-refractivity contribution in [2.75, 3.05) is 26.4 Å². The zero-order valence-electron chi connectivity index (χ0n) is 12.1. The van der Waals surface area contributed by atoms with E-state index in [-0.39, 0.29) is 6.10 Å². The summed E-state index contributed by atoms with van der Waals surface area (Å²) in [5, 5.41) is 10.4. The lowest BCUT2D eigenvalue weighted by molar-refractivity contribution is 0.138. The summed E-state index contributed by atoms with van der Waals surface area (Å²) in [7, 11) is 3.58. The van der Waals surface area contributed by atoms with Crippen molar-refractivity contribution in [2.45, 2.75) is 19.6 Å². The number of benzene rings is 1. The van der Waals surface area contributed by atoms with Gasteiger partial charge in [0.2, 0.25) is 0 Å². The molecule has 0 radical (unpaired) electrons. The molecule has 0 aliphatic carbocycles. The molecule has 2 aromatic rings. The van der Waals surface area contributed by atoms with Crippen LogP contribution in [0.5, 0.6) is 5.75 Å². The molecule has 3 N–H and O–H groups in total. The number of likely N-dealkylation sites (N-methyl/N-ethyl adjacent to an activating group) is 1. The van der Waals surface area contributed by atoms with Crippen molar-refractivity contribution in [3.05, 3.63) is 29.8 Å². The number of aliphatic hydroxyl groups excluding tert-OH is 1. The van der Waals surface area contributed by atoms with Crippen LogP contribution < -0.4 is 10.5 Å². The van der Waals surface area contributed by atoms with Crippen LogP contribution >= 0.6 is 0 Å². The molecule has 108 valence electrons. The molecule has 20 heavy (non-hydrogen) atoms. The monoisotopic (exact) mass is 275 g/mol. The van der Waals surface area contributed by atoms with Crippen molar-refractivity contribution < 1.29 is 9.84 Å². The number of aromatic nitrogens is 1. The summed E-state index contributed by atoms with van der Waals surface area (Å²) in [5.41, 5.74) is 7.80. The van der Waals surface area contributed by atoms with E-state index in [1.807, 2.05) is 36.2 Å². The normalized spacial score (nSPS) is 12.8. The highest BCUT2D eigenvalue weighted by atomic mass is 16.5. The minimum absolute atomic E-state index is 0.362. The summed E-state index contributed by atoms with van der Waals surface area (Å²) < 4.78 is 5.18. The van der Waals surface area contributed by atoms with Gasteiger partial charge in [0.05, 0.1) is 18.7 Å². The fourth-order valence-electron chi connectivity index (χ4n) is 2.27. The van der Waals surface area contributed by atoms with Crippen LogP contribution in [0.4, 0.5) is 5.82 Å². The van der Waals surface area contributed by atoms with Crippen molar-refractivity contribution in [1.82, 2.24) is 9.88 Å². The first kappa shape index (κ1) is 14.6. The Kier molecular flexibility index (Phi) is 4.42. The van der Waals surface area contributed by atoms with Crippen molar-refractivity contribution in [3.63, 3.8) is 0 Å². The van der Waals surface area contributed by atoms with Gasteiger partial charge in [0.25, 0.3) is 0 Å². The molecule has 1 atom stereocenters. The predicted molar refractivity (Wildman–Crippen MR) is 80.7 cm³/mol. The Morgan fingerprint density at radius 1 is 1.40 bits per heavy atom. The number of ether oxygens (including phenoxy) is 1. The van der Waals surface area contributed by atoms with Crippen LogP contribution in [0, 0.1) is 0 Å². The van der Waals surface area contributed by atoms with E-state index in [1.165, 1.54) is 0 Å². The maximum Gasteiger partial charge on any atom is 0.128 e. The quantitative estimate of drug-likeness (QED) is 0.868. The summed E-state index contributed by atoms with van der Waals surface area (Å²) in [4.78, 5) is 6.45. The van der Waals surface area contributed by atoms with Crippen LogP contribution in [0.15, 0.2) is 24.3 Å². The molecule has 0 amide bonds. The minimum Gasteiger partial charge on any atom is -0.497 e. The third kappa shape index (κ3) is 3.37. The fraction of sp³-hybridized carbons (Fsp3) is 0.400. The van der Waals surface area contributed by atoms with Crippen LogP contribution in [0.3, 0.4) is 0 Å². The van der Waals surface area contributed by atoms with Crippen LogP contribution in [0.25, 0.3) is 10.9 Å². The van der Waals surface area contributed by atoms with Gasteiger partial charge in [-0.1, -0.05) is 0 Å². The smallest absolute Gasteiger partial charge is 0.128 e. The number of nitrogen functional groups attached to an aromatic ring is 1. The molecule has 0 saturated heterocycles. The molecule has 0 fully saturated rings. The number of nitrogens with two attached hydrogens (primary N) is 1. The van der Waals surface area contributed by atoms with Crippen LogP contribution in [-0.4, -0.2) is 41.8 Å². The molecule has 0 aliphatic rings. The topological polar surface area (TPSA) is 71.6 Å². The Hall–Kier alpha value is -1.85. The Morgan fingerprint density at radius 2 is 2.15 bits per heavy atom. The van der Waals surface area contributed by atoms with Crippen molar-refractivity contribution in [3.8, 4) is 5.75 Å². The predicted octanol–water partition coefficient (Wildman–Crippen LogP) is 1.64. The molecule has 2 rings (SSSR count). The van der Waals surface area contributed by atoms with E-state index in [0.29, 0.717) is 18.9 Å². The van der Waals surface area contributed by atoms with E-state index in [0.717, 1.165) is 22.2 Å². The van der Waals surface area contributed by atoms with Gasteiger partial charge in [-0.3, -0.25) is 4.90 Å². The standard InChI is InChI=1S/C15H21N3O2/c1-10(19)8-18(2)9-12-6-11-4-5-13(20-3)7-14(11)17-15(12)16/h4-7,10,19H,8-9H2,1-3H3,(H2,16,17). The first-order valence-corrected chi connectivity index (χ1v) is 6.59. The van der Waals surface area contributed by atoms with Gasteiger partial charge in [0.15, 0.2) is 0 Å². The van der Waals surface area contributed by atoms with Crippen molar-refractivity contribution in [2.24, 2.45) is 0 Å². The van der Waals surface area contributed by atoms with Gasteiger partial charge in [0, 0.05) is 30.1 Å². The first-order chi connectivity index (χ1) is 9.49. The molecule has 1 unspecified atom stereocenters. The first-order valence-electron chi connectivity index (χ1n) is 6.59. The average Bonchev–Trinajstić information content (AvgIpc) is 2.38. The molecule has 1 aromatic carbocycles. The number of nitrogens with zero attached hydrogens (tertiary/aromatic N) is 2. The average molecular weight is 275 g/mol. The Bertz CT molecular complexity index is 599. The molecular weight excluding hydrogens is 254 g/mol. The Morgan fingerprint density at radius 3 is 2.80 bits per heavy atom. The number of hydrogen-bond donors (Lipinski definition) is 2. The molecule has 5 heteroatoms. The number of hydrogen-bond acceptors (Lipinski definition) is 5. The Balaban J connectivity index is 2.28. The second-order valence-corrected chi connectivity index (χ2v) is 5.14. The SMILES string of the molecule is COc1ccc2cc(CN(C)CC(C)O)c(N)nc2c1. The molecule has 0 spiro atoms. The van der Waals surface area contributed by atoms with E-state index in [1.54, 1.807) is 14.0 Å². The summed E-state index contributed by atoms with van der Waals surface area (Å²) >= 11 is 0. The van der Waals surface area contributed by atoms with E-state index < -0.39 is 0 Å². The lowest BCUT2D eigenvalue weighted by Crippen LogP contribution is -2.27. The molecule has 5 nitrogen and oxygen atoms in total. The van der Waals surface area contributed by atoms with Crippen molar-refractivity contribution in [1.29, 1.82) is 0 Å². The number of aliphatic hydroxyl groups is 1. The molecule has 0 aliphatic heterocycles. The van der Waals surface area contributed by atoms with E-state index in [4.69, 9.17) is 10.5 Å². The maximum atomic E-state index is 9.40. The van der Waals surface area contributed by atoms with Crippen molar-refractivity contribution >= 4 is 16.7 Å². The van der Waals surface area contributed by atoms with E-state index >= 15 is 0 Å². The largest absolute Gasteiger partial charge is 0.497 e. The maximum absolute atomic E-state index is 9.40. The highest BCUT2D eigenvalue weighted by Gasteiger charge is 2.09. The summed E-state index contributed by atoms with van der Waals surface area (Å²) in [6, 6.07) is 7.78. The minimum atomic E-state index is -0.362. The molecular formula is C15H21N3O2. The van der Waals surface area contributed by atoms with Crippen LogP contribution in [-0.2, 0) is 6.54 Å². The highest BCUT2D eigenvalue weighted by Crippen LogP contribution is 2.23. The molecule has 0 bridgehead atoms. The number of rotatable bonds is 5. The van der Waals surface area contributed by atoms with Crippen LogP contribution in [0.2, 0.25) is 0 Å². The number of pyridine rings is 1. The van der Waals surface area contributed by atoms with Gasteiger partial charge in [-0.25, -0.2) is 4.98 Å². The zero-order valence-corrected chi connectivity index (χ0v) is 12.1.